The highest BCUT2D eigenvalue weighted by Crippen LogP contribution is 2.41. The van der Waals surface area contributed by atoms with Gasteiger partial charge in [-0.05, 0) is 13.3 Å². The van der Waals surface area contributed by atoms with Crippen molar-refractivity contribution < 1.29 is 0 Å². The van der Waals surface area contributed by atoms with Crippen LogP contribution in [0, 0.1) is 0 Å². The van der Waals surface area contributed by atoms with Crippen molar-refractivity contribution in [2.24, 2.45) is 0 Å². The second-order valence-electron chi connectivity index (χ2n) is 1.22. The molecule has 0 unspecified atom stereocenters. The van der Waals surface area contributed by atoms with Crippen LogP contribution in [0.25, 0.3) is 0 Å². The highest BCUT2D eigenvalue weighted by Gasteiger charge is 1.86. The molecule has 0 aliphatic rings. The van der Waals surface area contributed by atoms with E-state index in [0.29, 0.717) is 0 Å². The molecule has 0 aromatic heterocycles. The van der Waals surface area contributed by atoms with Crippen LogP contribution in [0.2, 0.25) is 0 Å². The first-order valence-corrected chi connectivity index (χ1v) is 5.85. The van der Waals surface area contributed by atoms with Gasteiger partial charge in [0.05, 0.1) is 0 Å². The van der Waals surface area contributed by atoms with Gasteiger partial charge in [-0.2, -0.15) is 0 Å². The van der Waals surface area contributed by atoms with Crippen LogP contribution < -0.4 is 0 Å². The molecular formula is C2H6ClPS. The monoisotopic (exact) mass is 128 g/mol. The molecule has 0 nitrogen and oxygen atoms in total. The molecule has 0 amide bonds. The molecular weight excluding hydrogens is 123 g/mol. The fraction of sp³-hybridized carbons (Fsp3) is 1.00. The van der Waals surface area contributed by atoms with Crippen molar-refractivity contribution in [3.05, 3.63) is 0 Å². The highest BCUT2D eigenvalue weighted by molar-refractivity contribution is 8.26. The predicted molar refractivity (Wildman–Crippen MR) is 32.0 cm³/mol. The van der Waals surface area contributed by atoms with Crippen molar-refractivity contribution >= 4 is 28.4 Å². The van der Waals surface area contributed by atoms with Crippen LogP contribution in [-0.2, 0) is 11.8 Å². The number of halogens is 1. The molecule has 0 heterocycles. The van der Waals surface area contributed by atoms with Gasteiger partial charge in [-0.25, -0.2) is 0 Å². The van der Waals surface area contributed by atoms with Crippen LogP contribution in [0.3, 0.4) is 0 Å². The molecule has 0 bridgehead atoms. The van der Waals surface area contributed by atoms with E-state index in [-0.39, 0.29) is 0 Å². The Morgan fingerprint density at radius 2 is 1.60 bits per heavy atom. The third kappa shape index (κ3) is 48.3. The summed E-state index contributed by atoms with van der Waals surface area (Å²) < 4.78 is 0. The van der Waals surface area contributed by atoms with E-state index in [0.717, 1.165) is 0 Å². The lowest BCUT2D eigenvalue weighted by molar-refractivity contribution is 2.28. The lowest BCUT2D eigenvalue weighted by Gasteiger charge is -1.88. The quantitative estimate of drug-likeness (QED) is 0.449. The van der Waals surface area contributed by atoms with E-state index in [1.165, 1.54) is 0 Å². The van der Waals surface area contributed by atoms with Crippen LogP contribution in [0.15, 0.2) is 0 Å². The molecule has 3 heteroatoms. The van der Waals surface area contributed by atoms with E-state index in [1.54, 1.807) is 0 Å². The second-order valence-corrected chi connectivity index (χ2v) is 9.53. The van der Waals surface area contributed by atoms with Gasteiger partial charge >= 0.3 is 0 Å². The number of hydrogen-bond acceptors (Lipinski definition) is 1. The summed E-state index contributed by atoms with van der Waals surface area (Å²) in [7, 11) is 0. The maximum Gasteiger partial charge on any atom is 0.0330 e. The fourth-order valence-corrected chi connectivity index (χ4v) is 0. The molecule has 0 saturated heterocycles. The highest BCUT2D eigenvalue weighted by atomic mass is 35.7. The van der Waals surface area contributed by atoms with Gasteiger partial charge in [-0.3, -0.25) is 0 Å². The van der Waals surface area contributed by atoms with Crippen LogP contribution in [0.5, 0.6) is 0 Å². The molecule has 0 aliphatic carbocycles. The standard InChI is InChI=1S/C2H6ClPS/c1-4(2,3)5/h1-2H3. The first kappa shape index (κ1) is 5.94. The van der Waals surface area contributed by atoms with Crippen molar-refractivity contribution in [1.82, 2.24) is 0 Å². The molecule has 0 aromatic carbocycles. The van der Waals surface area contributed by atoms with Crippen LogP contribution in [-0.4, -0.2) is 13.3 Å². The van der Waals surface area contributed by atoms with Gasteiger partial charge < -0.3 is 0 Å². The molecule has 32 valence electrons. The van der Waals surface area contributed by atoms with Crippen molar-refractivity contribution in [2.75, 3.05) is 13.3 Å². The number of rotatable bonds is 0. The SMILES string of the molecule is CP(C)(=S)Cl. The minimum atomic E-state index is -1.33. The summed E-state index contributed by atoms with van der Waals surface area (Å²) in [6.07, 6.45) is 0. The Bertz CT molecular complexity index is 55.8. The summed E-state index contributed by atoms with van der Waals surface area (Å²) in [4.78, 5) is 0. The van der Waals surface area contributed by atoms with Crippen LogP contribution in [0.4, 0.5) is 0 Å². The van der Waals surface area contributed by atoms with Gasteiger partial charge in [0, 0.05) is 5.39 Å². The smallest absolute Gasteiger partial charge is 0.0330 e. The first-order valence-electron chi connectivity index (χ1n) is 1.25. The summed E-state index contributed by atoms with van der Waals surface area (Å²) in [6, 6.07) is 0. The number of hydrogen-bond donors (Lipinski definition) is 0. The largest absolute Gasteiger partial charge is 0.0862 e. The third-order valence-corrected chi connectivity index (χ3v) is 0. The topological polar surface area (TPSA) is 0 Å². The normalized spacial score (nSPS) is 11.8. The molecule has 0 radical (unpaired) electrons. The summed E-state index contributed by atoms with van der Waals surface area (Å²) in [6.45, 7) is 3.76. The molecule has 0 N–H and O–H groups in total. The molecule has 0 aromatic rings. The van der Waals surface area contributed by atoms with E-state index < -0.39 is 5.39 Å². The summed E-state index contributed by atoms with van der Waals surface area (Å²) in [5.41, 5.74) is 0. The summed E-state index contributed by atoms with van der Waals surface area (Å²) in [5.74, 6) is 0. The minimum absolute atomic E-state index is 1.33. The van der Waals surface area contributed by atoms with Crippen molar-refractivity contribution in [3.8, 4) is 0 Å². The molecule has 0 rings (SSSR count). The van der Waals surface area contributed by atoms with E-state index >= 15 is 0 Å². The van der Waals surface area contributed by atoms with Crippen molar-refractivity contribution in [3.63, 3.8) is 0 Å². The Balaban J connectivity index is 3.47. The van der Waals surface area contributed by atoms with E-state index in [4.69, 9.17) is 23.0 Å². The fourth-order valence-electron chi connectivity index (χ4n) is 0. The molecule has 5 heavy (non-hydrogen) atoms. The van der Waals surface area contributed by atoms with Gasteiger partial charge in [0.15, 0.2) is 0 Å². The van der Waals surface area contributed by atoms with Gasteiger partial charge in [0.1, 0.15) is 0 Å². The molecule has 0 spiro atoms. The zero-order valence-corrected chi connectivity index (χ0v) is 5.70. The third-order valence-electron chi connectivity index (χ3n) is 0. The van der Waals surface area contributed by atoms with Crippen molar-refractivity contribution in [2.45, 2.75) is 0 Å². The summed E-state index contributed by atoms with van der Waals surface area (Å²) >= 11 is 10.2. The molecule has 0 saturated carbocycles. The predicted octanol–water partition coefficient (Wildman–Crippen LogP) is 1.88. The first-order chi connectivity index (χ1) is 2.00. The second kappa shape index (κ2) is 1.59. The Morgan fingerprint density at radius 1 is 1.60 bits per heavy atom. The Hall–Kier alpha value is 0.940. The van der Waals surface area contributed by atoms with E-state index in [1.807, 2.05) is 13.3 Å². The van der Waals surface area contributed by atoms with Gasteiger partial charge in [0.25, 0.3) is 0 Å². The maximum absolute atomic E-state index is 5.46. The van der Waals surface area contributed by atoms with Crippen molar-refractivity contribution in [1.29, 1.82) is 0 Å². The molecule has 0 aliphatic heterocycles. The average Bonchev–Trinajstić information content (AvgIpc) is 0.722. The Morgan fingerprint density at radius 3 is 1.60 bits per heavy atom. The minimum Gasteiger partial charge on any atom is -0.0862 e. The lowest BCUT2D eigenvalue weighted by Crippen LogP contribution is -1.49. The molecule has 0 fully saturated rings. The lowest BCUT2D eigenvalue weighted by atomic mass is 11.9. The summed E-state index contributed by atoms with van der Waals surface area (Å²) in [5, 5.41) is -1.33. The average molecular weight is 129 g/mol. The van der Waals surface area contributed by atoms with Crippen LogP contribution >= 0.6 is 16.6 Å². The Labute approximate surface area is 42.3 Å². The van der Waals surface area contributed by atoms with E-state index in [2.05, 4.69) is 0 Å². The van der Waals surface area contributed by atoms with Gasteiger partial charge in [0.2, 0.25) is 0 Å². The van der Waals surface area contributed by atoms with Gasteiger partial charge in [-0.1, -0.05) is 23.0 Å². The zero-order valence-electron chi connectivity index (χ0n) is 3.23. The van der Waals surface area contributed by atoms with E-state index in [9.17, 15) is 0 Å². The zero-order chi connectivity index (χ0) is 4.50. The maximum atomic E-state index is 5.46. The Kier molecular flexibility index (Phi) is 1.89. The molecule has 0 atom stereocenters. The van der Waals surface area contributed by atoms with Crippen LogP contribution in [0.1, 0.15) is 0 Å². The van der Waals surface area contributed by atoms with Gasteiger partial charge in [-0.15, -0.1) is 0 Å².